The lowest BCUT2D eigenvalue weighted by atomic mass is 10.2. The lowest BCUT2D eigenvalue weighted by Gasteiger charge is -2.10. The molecule has 2 heterocycles. The number of ether oxygens (including phenoxy) is 1. The van der Waals surface area contributed by atoms with Crippen LogP contribution in [0.5, 0.6) is 0 Å². The van der Waals surface area contributed by atoms with Crippen molar-refractivity contribution in [2.75, 3.05) is 0 Å². The van der Waals surface area contributed by atoms with E-state index < -0.39 is 0 Å². The Kier molecular flexibility index (Phi) is 2.93. The third-order valence-corrected chi connectivity index (χ3v) is 3.52. The van der Waals surface area contributed by atoms with Crippen LogP contribution in [-0.2, 0) is 4.74 Å². The average Bonchev–Trinajstić information content (AvgIpc) is 2.60. The van der Waals surface area contributed by atoms with Gasteiger partial charge >= 0.3 is 0 Å². The van der Waals surface area contributed by atoms with Crippen molar-refractivity contribution in [2.45, 2.75) is 38.9 Å². The predicted molar refractivity (Wildman–Crippen MR) is 59.8 cm³/mol. The monoisotopic (exact) mass is 272 g/mol. The van der Waals surface area contributed by atoms with Gasteiger partial charge in [-0.05, 0) is 42.6 Å². The van der Waals surface area contributed by atoms with Crippen LogP contribution in [0.15, 0.2) is 9.27 Å². The van der Waals surface area contributed by atoms with Gasteiger partial charge < -0.3 is 9.72 Å². The van der Waals surface area contributed by atoms with Crippen molar-refractivity contribution in [2.24, 2.45) is 0 Å². The van der Waals surface area contributed by atoms with Crippen LogP contribution in [0.2, 0.25) is 0 Å². The summed E-state index contributed by atoms with van der Waals surface area (Å²) in [4.78, 5) is 18.6. The molecule has 2 rings (SSSR count). The molecule has 1 saturated heterocycles. The second kappa shape index (κ2) is 4.06. The molecular weight excluding hydrogens is 260 g/mol. The van der Waals surface area contributed by atoms with Crippen LogP contribution in [0.3, 0.4) is 0 Å². The maximum absolute atomic E-state index is 11.5. The van der Waals surface area contributed by atoms with Crippen molar-refractivity contribution < 1.29 is 4.74 Å². The summed E-state index contributed by atoms with van der Waals surface area (Å²) in [5, 5.41) is 0. The quantitative estimate of drug-likeness (QED) is 0.852. The van der Waals surface area contributed by atoms with E-state index in [1.165, 1.54) is 0 Å². The van der Waals surface area contributed by atoms with Crippen LogP contribution in [0.1, 0.15) is 37.4 Å². The Hall–Kier alpha value is -0.680. The molecule has 1 N–H and O–H groups in total. The number of H-pyrrole nitrogens is 1. The molecule has 15 heavy (non-hydrogen) atoms. The summed E-state index contributed by atoms with van der Waals surface area (Å²) in [7, 11) is 0. The zero-order valence-electron chi connectivity index (χ0n) is 8.71. The van der Waals surface area contributed by atoms with Gasteiger partial charge in [-0.1, -0.05) is 0 Å². The summed E-state index contributed by atoms with van der Waals surface area (Å²) in [6.07, 6.45) is 2.14. The minimum Gasteiger partial charge on any atom is -0.367 e. The Morgan fingerprint density at radius 2 is 2.27 bits per heavy atom. The van der Waals surface area contributed by atoms with Gasteiger partial charge in [0.05, 0.1) is 11.8 Å². The maximum Gasteiger partial charge on any atom is 0.265 e. The summed E-state index contributed by atoms with van der Waals surface area (Å²) in [6.45, 7) is 3.84. The number of aromatic nitrogens is 2. The predicted octanol–water partition coefficient (Wildman–Crippen LogP) is 2.08. The van der Waals surface area contributed by atoms with Crippen molar-refractivity contribution in [1.82, 2.24) is 9.97 Å². The van der Waals surface area contributed by atoms with Crippen LogP contribution >= 0.6 is 15.9 Å². The molecule has 5 heteroatoms. The molecule has 1 aromatic heterocycles. The fourth-order valence-corrected chi connectivity index (χ4v) is 1.94. The first-order valence-electron chi connectivity index (χ1n) is 4.99. The van der Waals surface area contributed by atoms with E-state index in [4.69, 9.17) is 4.74 Å². The summed E-state index contributed by atoms with van der Waals surface area (Å²) in [5.74, 6) is 0.644. The molecule has 0 bridgehead atoms. The molecule has 0 amide bonds. The number of hydrogen-bond donors (Lipinski definition) is 1. The third kappa shape index (κ3) is 2.13. The highest BCUT2D eigenvalue weighted by Crippen LogP contribution is 2.30. The largest absolute Gasteiger partial charge is 0.367 e. The minimum absolute atomic E-state index is 0.0560. The summed E-state index contributed by atoms with van der Waals surface area (Å²) < 4.78 is 6.15. The Morgan fingerprint density at radius 3 is 2.80 bits per heavy atom. The lowest BCUT2D eigenvalue weighted by Crippen LogP contribution is -2.17. The van der Waals surface area contributed by atoms with E-state index in [0.717, 1.165) is 12.8 Å². The van der Waals surface area contributed by atoms with Crippen molar-refractivity contribution in [3.05, 3.63) is 26.3 Å². The van der Waals surface area contributed by atoms with Gasteiger partial charge in [0.25, 0.3) is 5.56 Å². The van der Waals surface area contributed by atoms with E-state index in [9.17, 15) is 4.79 Å². The highest BCUT2D eigenvalue weighted by molar-refractivity contribution is 9.10. The number of nitrogens with one attached hydrogen (secondary N) is 1. The Labute approximate surface area is 96.2 Å². The standard InChI is InChI=1S/C10H13BrN2O2/c1-5-3-4-7(15-5)9-12-6(2)8(11)10(14)13-9/h5,7H,3-4H2,1-2H3,(H,12,13,14). The minimum atomic E-state index is -0.138. The highest BCUT2D eigenvalue weighted by Gasteiger charge is 2.25. The van der Waals surface area contributed by atoms with Crippen LogP contribution in [0, 0.1) is 6.92 Å². The fraction of sp³-hybridized carbons (Fsp3) is 0.600. The Morgan fingerprint density at radius 1 is 1.53 bits per heavy atom. The molecule has 0 aliphatic carbocycles. The first-order chi connectivity index (χ1) is 7.08. The van der Waals surface area contributed by atoms with Gasteiger partial charge in [0.2, 0.25) is 0 Å². The van der Waals surface area contributed by atoms with E-state index in [-0.39, 0.29) is 17.8 Å². The van der Waals surface area contributed by atoms with Crippen LogP contribution in [0.4, 0.5) is 0 Å². The zero-order valence-corrected chi connectivity index (χ0v) is 10.3. The van der Waals surface area contributed by atoms with Crippen LogP contribution < -0.4 is 5.56 Å². The number of aryl methyl sites for hydroxylation is 1. The van der Waals surface area contributed by atoms with Gasteiger partial charge in [0, 0.05) is 0 Å². The molecule has 1 fully saturated rings. The lowest BCUT2D eigenvalue weighted by molar-refractivity contribution is 0.0500. The highest BCUT2D eigenvalue weighted by atomic mass is 79.9. The fourth-order valence-electron chi connectivity index (χ4n) is 1.75. The molecule has 1 aliphatic rings. The topological polar surface area (TPSA) is 55.0 Å². The molecule has 0 radical (unpaired) electrons. The van der Waals surface area contributed by atoms with Gasteiger partial charge in [-0.15, -0.1) is 0 Å². The Bertz CT molecular complexity index is 430. The van der Waals surface area contributed by atoms with Gasteiger partial charge in [0.15, 0.2) is 0 Å². The first kappa shape index (κ1) is 10.8. The Balaban J connectivity index is 2.34. The van der Waals surface area contributed by atoms with Gasteiger partial charge in [-0.25, -0.2) is 4.98 Å². The van der Waals surface area contributed by atoms with Crippen molar-refractivity contribution in [3.63, 3.8) is 0 Å². The number of hydrogen-bond acceptors (Lipinski definition) is 3. The van der Waals surface area contributed by atoms with E-state index >= 15 is 0 Å². The van der Waals surface area contributed by atoms with Gasteiger partial charge in [-0.3, -0.25) is 4.79 Å². The normalized spacial score (nSPS) is 25.8. The second-order valence-electron chi connectivity index (χ2n) is 3.86. The van der Waals surface area contributed by atoms with Crippen LogP contribution in [0.25, 0.3) is 0 Å². The second-order valence-corrected chi connectivity index (χ2v) is 4.66. The first-order valence-corrected chi connectivity index (χ1v) is 5.79. The molecule has 1 aliphatic heterocycles. The molecule has 2 unspecified atom stereocenters. The number of rotatable bonds is 1. The molecule has 82 valence electrons. The molecule has 0 spiro atoms. The zero-order chi connectivity index (χ0) is 11.0. The van der Waals surface area contributed by atoms with Gasteiger partial charge in [0.1, 0.15) is 16.4 Å². The van der Waals surface area contributed by atoms with Crippen molar-refractivity contribution in [3.8, 4) is 0 Å². The van der Waals surface area contributed by atoms with Gasteiger partial charge in [-0.2, -0.15) is 0 Å². The molecule has 1 aromatic rings. The summed E-state index contributed by atoms with van der Waals surface area (Å²) in [6, 6.07) is 0. The number of nitrogens with zero attached hydrogens (tertiary/aromatic N) is 1. The SMILES string of the molecule is Cc1nc(C2CCC(C)O2)[nH]c(=O)c1Br. The van der Waals surface area contributed by atoms with E-state index in [2.05, 4.69) is 25.9 Å². The van der Waals surface area contributed by atoms with E-state index in [1.807, 2.05) is 6.92 Å². The van der Waals surface area contributed by atoms with Crippen LogP contribution in [-0.4, -0.2) is 16.1 Å². The third-order valence-electron chi connectivity index (χ3n) is 2.58. The van der Waals surface area contributed by atoms with Crippen molar-refractivity contribution in [1.29, 1.82) is 0 Å². The molecule has 0 aromatic carbocycles. The summed E-state index contributed by atoms with van der Waals surface area (Å²) >= 11 is 3.19. The molecule has 0 saturated carbocycles. The molecule has 2 atom stereocenters. The number of halogens is 1. The summed E-state index contributed by atoms with van der Waals surface area (Å²) in [5.41, 5.74) is 0.567. The maximum atomic E-state index is 11.5. The smallest absolute Gasteiger partial charge is 0.265 e. The van der Waals surface area contributed by atoms with E-state index in [0.29, 0.717) is 16.0 Å². The van der Waals surface area contributed by atoms with E-state index in [1.54, 1.807) is 6.92 Å². The number of aromatic amines is 1. The molecular formula is C10H13BrN2O2. The molecule has 4 nitrogen and oxygen atoms in total. The van der Waals surface area contributed by atoms with Crippen molar-refractivity contribution >= 4 is 15.9 Å². The average molecular weight is 273 g/mol.